The number of hydrogen-bond donors (Lipinski definition) is 1. The number of nitrogens with one attached hydrogen (secondary N) is 1. The highest BCUT2D eigenvalue weighted by Crippen LogP contribution is 2.26. The number of carbonyl (C=O) groups is 2. The molecule has 0 saturated heterocycles. The number of anilines is 1. The van der Waals surface area contributed by atoms with Crippen LogP contribution in [0.1, 0.15) is 49.8 Å². The van der Waals surface area contributed by atoms with Crippen molar-refractivity contribution >= 4 is 27.7 Å². The lowest BCUT2D eigenvalue weighted by molar-refractivity contribution is -0.140. The zero-order valence-electron chi connectivity index (χ0n) is 23.7. The minimum Gasteiger partial charge on any atom is -0.497 e. The molecule has 1 atom stereocenters. The summed E-state index contributed by atoms with van der Waals surface area (Å²) in [4.78, 5) is 28.6. The van der Waals surface area contributed by atoms with Gasteiger partial charge < -0.3 is 15.0 Å². The van der Waals surface area contributed by atoms with Crippen molar-refractivity contribution in [2.75, 3.05) is 38.6 Å². The summed E-state index contributed by atoms with van der Waals surface area (Å²) in [6.45, 7) is 7.74. The van der Waals surface area contributed by atoms with E-state index in [0.29, 0.717) is 24.4 Å². The lowest BCUT2D eigenvalue weighted by Crippen LogP contribution is -2.53. The van der Waals surface area contributed by atoms with Crippen molar-refractivity contribution in [3.63, 3.8) is 0 Å². The number of carbonyl (C=O) groups excluding carboxylic acids is 2. The summed E-state index contributed by atoms with van der Waals surface area (Å²) >= 11 is 0. The van der Waals surface area contributed by atoms with Crippen molar-refractivity contribution in [2.45, 2.75) is 59.5 Å². The van der Waals surface area contributed by atoms with E-state index in [1.807, 2.05) is 52.0 Å². The molecule has 38 heavy (non-hydrogen) atoms. The van der Waals surface area contributed by atoms with E-state index in [1.165, 1.54) is 19.0 Å². The largest absolute Gasteiger partial charge is 0.497 e. The number of benzene rings is 2. The van der Waals surface area contributed by atoms with Crippen LogP contribution in [0.15, 0.2) is 42.5 Å². The lowest BCUT2D eigenvalue weighted by Gasteiger charge is -2.34. The molecule has 2 aromatic carbocycles. The molecule has 0 aliphatic heterocycles. The van der Waals surface area contributed by atoms with Gasteiger partial charge in [0, 0.05) is 27.2 Å². The number of methoxy groups -OCH3 is 1. The molecular formula is C28H42N4O5S. The smallest absolute Gasteiger partial charge is 0.304 e. The molecule has 0 aliphatic carbocycles. The van der Waals surface area contributed by atoms with E-state index < -0.39 is 28.7 Å². The van der Waals surface area contributed by atoms with Crippen LogP contribution in [0.2, 0.25) is 0 Å². The van der Waals surface area contributed by atoms with Crippen molar-refractivity contribution in [1.82, 2.24) is 14.5 Å². The maximum atomic E-state index is 14.0. The molecule has 10 heteroatoms. The van der Waals surface area contributed by atoms with Crippen LogP contribution in [0, 0.1) is 13.8 Å². The predicted molar refractivity (Wildman–Crippen MR) is 151 cm³/mol. The summed E-state index contributed by atoms with van der Waals surface area (Å²) in [6.07, 6.45) is 2.13. The Hall–Kier alpha value is -3.11. The summed E-state index contributed by atoms with van der Waals surface area (Å²) in [7, 11) is 0.412. The number of aryl methyl sites for hydroxylation is 2. The van der Waals surface area contributed by atoms with Gasteiger partial charge in [-0.05, 0) is 61.6 Å². The van der Waals surface area contributed by atoms with E-state index in [-0.39, 0.29) is 12.5 Å². The first-order valence-electron chi connectivity index (χ1n) is 12.9. The van der Waals surface area contributed by atoms with Gasteiger partial charge >= 0.3 is 10.2 Å². The van der Waals surface area contributed by atoms with Crippen LogP contribution < -0.4 is 14.4 Å². The van der Waals surface area contributed by atoms with Crippen molar-refractivity contribution in [3.05, 3.63) is 59.2 Å². The minimum absolute atomic E-state index is 0.123. The summed E-state index contributed by atoms with van der Waals surface area (Å²) < 4.78 is 34.4. The van der Waals surface area contributed by atoms with Gasteiger partial charge in [0.25, 0.3) is 0 Å². The quantitative estimate of drug-likeness (QED) is 0.365. The molecule has 0 spiro atoms. The van der Waals surface area contributed by atoms with Crippen LogP contribution in [-0.4, -0.2) is 69.8 Å². The highest BCUT2D eigenvalue weighted by molar-refractivity contribution is 7.90. The van der Waals surface area contributed by atoms with Crippen molar-refractivity contribution in [3.8, 4) is 5.75 Å². The van der Waals surface area contributed by atoms with Gasteiger partial charge in [-0.15, -0.1) is 0 Å². The number of ether oxygens (including phenoxy) is 1. The number of unbranched alkanes of at least 4 members (excludes halogenated alkanes) is 1. The fourth-order valence-corrected chi connectivity index (χ4v) is 5.20. The third-order valence-electron chi connectivity index (χ3n) is 6.35. The highest BCUT2D eigenvalue weighted by atomic mass is 32.2. The summed E-state index contributed by atoms with van der Waals surface area (Å²) in [5.41, 5.74) is 2.78. The molecule has 2 aromatic rings. The molecular weight excluding hydrogens is 504 g/mol. The van der Waals surface area contributed by atoms with E-state index in [0.717, 1.165) is 38.1 Å². The average Bonchev–Trinajstić information content (AvgIpc) is 2.88. The SMILES string of the molecule is CCCCNC(=O)C(CC)N(Cc1cccc(OC)c1)C(=O)CN(c1cc(C)ccc1C)S(=O)(=O)N(C)C. The van der Waals surface area contributed by atoms with Crippen LogP contribution in [0.25, 0.3) is 0 Å². The van der Waals surface area contributed by atoms with E-state index in [2.05, 4.69) is 5.32 Å². The Bertz CT molecular complexity index is 1200. The fraction of sp³-hybridized carbons (Fsp3) is 0.500. The van der Waals surface area contributed by atoms with Crippen LogP contribution >= 0.6 is 0 Å². The van der Waals surface area contributed by atoms with Crippen LogP contribution in [-0.2, 0) is 26.3 Å². The molecule has 1 N–H and O–H groups in total. The molecule has 0 bridgehead atoms. The Labute approximate surface area is 227 Å². The predicted octanol–water partition coefficient (Wildman–Crippen LogP) is 3.65. The minimum atomic E-state index is -4.02. The van der Waals surface area contributed by atoms with E-state index in [9.17, 15) is 18.0 Å². The molecule has 0 aliphatic rings. The Kier molecular flexibility index (Phi) is 11.6. The van der Waals surface area contributed by atoms with Gasteiger partial charge in [0.2, 0.25) is 11.8 Å². The maximum absolute atomic E-state index is 14.0. The molecule has 1 unspecified atom stereocenters. The summed E-state index contributed by atoms with van der Waals surface area (Å²) in [5.74, 6) is -0.106. The lowest BCUT2D eigenvalue weighted by atomic mass is 10.1. The Morgan fingerprint density at radius 1 is 1.05 bits per heavy atom. The number of hydrogen-bond acceptors (Lipinski definition) is 5. The molecule has 0 radical (unpaired) electrons. The standard InChI is InChI=1S/C28H42N4O5S/c1-8-10-16-29-28(34)25(9-2)31(19-23-12-11-13-24(18-23)37-7)27(33)20-32(38(35,36)30(5)6)26-17-21(3)14-15-22(26)4/h11-15,17-18,25H,8-10,16,19-20H2,1-7H3,(H,29,34). The van der Waals surface area contributed by atoms with Crippen molar-refractivity contribution in [2.24, 2.45) is 0 Å². The van der Waals surface area contributed by atoms with Crippen molar-refractivity contribution < 1.29 is 22.7 Å². The average molecular weight is 547 g/mol. The summed E-state index contributed by atoms with van der Waals surface area (Å²) in [6, 6.07) is 12.0. The van der Waals surface area contributed by atoms with Gasteiger partial charge in [-0.25, -0.2) is 4.31 Å². The second kappa shape index (κ2) is 14.2. The maximum Gasteiger partial charge on any atom is 0.304 e. The third-order valence-corrected chi connectivity index (χ3v) is 8.16. The van der Waals surface area contributed by atoms with Crippen molar-refractivity contribution in [1.29, 1.82) is 0 Å². The Morgan fingerprint density at radius 2 is 1.76 bits per heavy atom. The Balaban J connectivity index is 2.53. The van der Waals surface area contributed by atoms with Crippen LogP contribution in [0.4, 0.5) is 5.69 Å². The zero-order valence-corrected chi connectivity index (χ0v) is 24.5. The van der Waals surface area contributed by atoms with Gasteiger partial charge in [-0.1, -0.05) is 44.5 Å². The molecule has 0 fully saturated rings. The number of amides is 2. The second-order valence-corrected chi connectivity index (χ2v) is 11.6. The molecule has 0 heterocycles. The fourth-order valence-electron chi connectivity index (χ4n) is 4.08. The molecule has 2 amide bonds. The number of rotatable bonds is 14. The van der Waals surface area contributed by atoms with Gasteiger partial charge in [-0.3, -0.25) is 9.59 Å². The van der Waals surface area contributed by atoms with Gasteiger partial charge in [0.1, 0.15) is 18.3 Å². The Morgan fingerprint density at radius 3 is 2.37 bits per heavy atom. The molecule has 0 aromatic heterocycles. The van der Waals surface area contributed by atoms with Crippen LogP contribution in [0.5, 0.6) is 5.75 Å². The first kappa shape index (κ1) is 31.1. The van der Waals surface area contributed by atoms with E-state index in [1.54, 1.807) is 25.3 Å². The van der Waals surface area contributed by atoms with Gasteiger partial charge in [0.05, 0.1) is 12.8 Å². The first-order valence-corrected chi connectivity index (χ1v) is 14.3. The van der Waals surface area contributed by atoms with Gasteiger partial charge in [-0.2, -0.15) is 12.7 Å². The first-order chi connectivity index (χ1) is 18.0. The monoisotopic (exact) mass is 546 g/mol. The van der Waals surface area contributed by atoms with E-state index >= 15 is 0 Å². The molecule has 0 saturated carbocycles. The molecule has 9 nitrogen and oxygen atoms in total. The second-order valence-electron chi connectivity index (χ2n) is 9.53. The van der Waals surface area contributed by atoms with Crippen LogP contribution in [0.3, 0.4) is 0 Å². The third kappa shape index (κ3) is 7.94. The molecule has 2 rings (SSSR count). The topological polar surface area (TPSA) is 99.3 Å². The highest BCUT2D eigenvalue weighted by Gasteiger charge is 2.34. The zero-order chi connectivity index (χ0) is 28.5. The van der Waals surface area contributed by atoms with Gasteiger partial charge in [0.15, 0.2) is 0 Å². The normalized spacial score (nSPS) is 12.2. The van der Waals surface area contributed by atoms with E-state index in [4.69, 9.17) is 4.74 Å². The molecule has 210 valence electrons. The summed E-state index contributed by atoms with van der Waals surface area (Å²) in [5, 5.41) is 2.93. The number of nitrogens with zero attached hydrogens (tertiary/aromatic N) is 3.